The molecule has 0 saturated heterocycles. The SMILES string of the molecule is C=C(C(=O)OC)C1c2cc(C)c(C)c(O)c2CN1S(=O)(=O)c1ccc(C)cc1. The molecule has 148 valence electrons. The molecule has 0 aliphatic carbocycles. The fraction of sp³-hybridized carbons (Fsp3) is 0.286. The molecule has 7 heteroatoms. The van der Waals surface area contributed by atoms with Gasteiger partial charge in [-0.05, 0) is 49.6 Å². The van der Waals surface area contributed by atoms with Crippen molar-refractivity contribution < 1.29 is 23.1 Å². The minimum absolute atomic E-state index is 0.000380. The third-order valence-electron chi connectivity index (χ3n) is 5.25. The van der Waals surface area contributed by atoms with Crippen molar-refractivity contribution >= 4 is 16.0 Å². The zero-order valence-electron chi connectivity index (χ0n) is 16.3. The zero-order valence-corrected chi connectivity index (χ0v) is 17.1. The lowest BCUT2D eigenvalue weighted by Crippen LogP contribution is -2.32. The van der Waals surface area contributed by atoms with Crippen molar-refractivity contribution in [2.45, 2.75) is 38.3 Å². The molecule has 28 heavy (non-hydrogen) atoms. The largest absolute Gasteiger partial charge is 0.507 e. The number of rotatable bonds is 4. The second-order valence-electron chi connectivity index (χ2n) is 7.02. The predicted octanol–water partition coefficient (Wildman–Crippen LogP) is 3.29. The van der Waals surface area contributed by atoms with E-state index in [4.69, 9.17) is 4.74 Å². The fourth-order valence-electron chi connectivity index (χ4n) is 3.46. The third-order valence-corrected chi connectivity index (χ3v) is 7.08. The number of phenols is 1. The van der Waals surface area contributed by atoms with Crippen LogP contribution in [0, 0.1) is 20.8 Å². The van der Waals surface area contributed by atoms with Gasteiger partial charge in [0.15, 0.2) is 0 Å². The van der Waals surface area contributed by atoms with Crippen LogP contribution in [0.3, 0.4) is 0 Å². The molecule has 1 aliphatic heterocycles. The van der Waals surface area contributed by atoms with E-state index in [9.17, 15) is 18.3 Å². The van der Waals surface area contributed by atoms with Gasteiger partial charge in [-0.1, -0.05) is 30.3 Å². The number of hydrogen-bond acceptors (Lipinski definition) is 5. The highest BCUT2D eigenvalue weighted by Crippen LogP contribution is 2.46. The summed E-state index contributed by atoms with van der Waals surface area (Å²) < 4.78 is 32.7. The van der Waals surface area contributed by atoms with E-state index in [1.54, 1.807) is 25.1 Å². The van der Waals surface area contributed by atoms with Crippen LogP contribution in [0.2, 0.25) is 0 Å². The van der Waals surface area contributed by atoms with Gasteiger partial charge in [-0.3, -0.25) is 0 Å². The summed E-state index contributed by atoms with van der Waals surface area (Å²) in [4.78, 5) is 12.3. The van der Waals surface area contributed by atoms with E-state index in [2.05, 4.69) is 6.58 Å². The van der Waals surface area contributed by atoms with Gasteiger partial charge in [0.05, 0.1) is 23.6 Å². The molecule has 2 aromatic rings. The monoisotopic (exact) mass is 401 g/mol. The van der Waals surface area contributed by atoms with Crippen LogP contribution in [-0.2, 0) is 26.1 Å². The average molecular weight is 401 g/mol. The first-order chi connectivity index (χ1) is 13.1. The Labute approximate surface area is 165 Å². The topological polar surface area (TPSA) is 83.9 Å². The molecule has 0 bridgehead atoms. The van der Waals surface area contributed by atoms with Crippen LogP contribution in [-0.4, -0.2) is 30.9 Å². The molecule has 1 N–H and O–H groups in total. The molecule has 1 heterocycles. The number of phenolic OH excluding ortho intramolecular Hbond substituents is 1. The number of ether oxygens (including phenoxy) is 1. The van der Waals surface area contributed by atoms with Crippen LogP contribution in [0.15, 0.2) is 47.4 Å². The quantitative estimate of drug-likeness (QED) is 0.628. The van der Waals surface area contributed by atoms with Gasteiger partial charge in [-0.25, -0.2) is 13.2 Å². The van der Waals surface area contributed by atoms with Gasteiger partial charge in [0.25, 0.3) is 0 Å². The first-order valence-electron chi connectivity index (χ1n) is 8.77. The van der Waals surface area contributed by atoms with Crippen LogP contribution in [0.25, 0.3) is 0 Å². The van der Waals surface area contributed by atoms with Crippen molar-refractivity contribution in [3.05, 3.63) is 70.3 Å². The maximum Gasteiger partial charge on any atom is 0.335 e. The Kier molecular flexibility index (Phi) is 5.08. The third kappa shape index (κ3) is 3.10. The van der Waals surface area contributed by atoms with Crippen LogP contribution < -0.4 is 0 Å². The molecule has 2 aromatic carbocycles. The van der Waals surface area contributed by atoms with Crippen molar-refractivity contribution in [2.24, 2.45) is 0 Å². The summed E-state index contributed by atoms with van der Waals surface area (Å²) in [5.74, 6) is -0.654. The Morgan fingerprint density at radius 1 is 1.21 bits per heavy atom. The highest BCUT2D eigenvalue weighted by atomic mass is 32.2. The lowest BCUT2D eigenvalue weighted by molar-refractivity contribution is -0.136. The van der Waals surface area contributed by atoms with Crippen LogP contribution in [0.4, 0.5) is 0 Å². The number of nitrogens with zero attached hydrogens (tertiary/aromatic N) is 1. The zero-order chi connectivity index (χ0) is 20.8. The number of carbonyl (C=O) groups is 1. The van der Waals surface area contributed by atoms with Crippen molar-refractivity contribution in [2.75, 3.05) is 7.11 Å². The highest BCUT2D eigenvalue weighted by Gasteiger charge is 2.44. The average Bonchev–Trinajstić information content (AvgIpc) is 3.05. The molecule has 1 aliphatic rings. The molecule has 0 aromatic heterocycles. The van der Waals surface area contributed by atoms with Crippen LogP contribution in [0.5, 0.6) is 5.75 Å². The molecule has 1 unspecified atom stereocenters. The Bertz CT molecular complexity index is 1070. The van der Waals surface area contributed by atoms with Gasteiger partial charge in [0.1, 0.15) is 5.75 Å². The van der Waals surface area contributed by atoms with Gasteiger partial charge in [-0.15, -0.1) is 0 Å². The van der Waals surface area contributed by atoms with E-state index in [1.165, 1.54) is 23.5 Å². The first-order valence-corrected chi connectivity index (χ1v) is 10.2. The summed E-state index contributed by atoms with van der Waals surface area (Å²) >= 11 is 0. The Morgan fingerprint density at radius 3 is 2.39 bits per heavy atom. The van der Waals surface area contributed by atoms with E-state index >= 15 is 0 Å². The molecule has 6 nitrogen and oxygen atoms in total. The smallest absolute Gasteiger partial charge is 0.335 e. The Balaban J connectivity index is 2.20. The summed E-state index contributed by atoms with van der Waals surface area (Å²) in [7, 11) is -2.73. The molecule has 0 amide bonds. The number of esters is 1. The van der Waals surface area contributed by atoms with E-state index in [0.29, 0.717) is 16.7 Å². The van der Waals surface area contributed by atoms with Gasteiger partial charge >= 0.3 is 5.97 Å². The van der Waals surface area contributed by atoms with Crippen molar-refractivity contribution in [3.63, 3.8) is 0 Å². The maximum absolute atomic E-state index is 13.4. The van der Waals surface area contributed by atoms with E-state index in [-0.39, 0.29) is 22.8 Å². The Morgan fingerprint density at radius 2 is 1.82 bits per heavy atom. The Hall–Kier alpha value is -2.64. The molecule has 1 atom stereocenters. The van der Waals surface area contributed by atoms with Crippen molar-refractivity contribution in [1.82, 2.24) is 4.31 Å². The van der Waals surface area contributed by atoms with Gasteiger partial charge in [-0.2, -0.15) is 4.31 Å². The minimum Gasteiger partial charge on any atom is -0.507 e. The predicted molar refractivity (Wildman–Crippen MR) is 105 cm³/mol. The number of methoxy groups -OCH3 is 1. The standard InChI is InChI=1S/C21H23NO5S/c1-12-6-8-16(9-7-12)28(25,26)22-11-18-17(10-13(2)14(3)20(18)23)19(22)15(4)21(24)27-5/h6-10,19,23H,4,11H2,1-3,5H3. The minimum atomic E-state index is -3.95. The second-order valence-corrected chi connectivity index (χ2v) is 8.91. The second kappa shape index (κ2) is 7.07. The van der Waals surface area contributed by atoms with Crippen LogP contribution >= 0.6 is 0 Å². The molecule has 0 fully saturated rings. The maximum atomic E-state index is 13.4. The summed E-state index contributed by atoms with van der Waals surface area (Å²) in [6.45, 7) is 9.20. The van der Waals surface area contributed by atoms with E-state index < -0.39 is 22.0 Å². The summed E-state index contributed by atoms with van der Waals surface area (Å²) in [5.41, 5.74) is 3.44. The fourth-order valence-corrected chi connectivity index (χ4v) is 5.03. The molecular formula is C21H23NO5S. The van der Waals surface area contributed by atoms with E-state index in [1.807, 2.05) is 13.8 Å². The number of sulfonamides is 1. The lowest BCUT2D eigenvalue weighted by atomic mass is 9.94. The van der Waals surface area contributed by atoms with Gasteiger partial charge in [0.2, 0.25) is 10.0 Å². The number of aromatic hydroxyl groups is 1. The molecule has 0 saturated carbocycles. The molecule has 0 spiro atoms. The van der Waals surface area contributed by atoms with Gasteiger partial charge < -0.3 is 9.84 Å². The number of aryl methyl sites for hydroxylation is 2. The number of fused-ring (bicyclic) bond motifs is 1. The summed E-state index contributed by atoms with van der Waals surface area (Å²) in [6, 6.07) is 7.34. The van der Waals surface area contributed by atoms with Crippen molar-refractivity contribution in [3.8, 4) is 5.75 Å². The molecular weight excluding hydrogens is 378 g/mol. The van der Waals surface area contributed by atoms with Crippen LogP contribution in [0.1, 0.15) is 33.9 Å². The number of carbonyl (C=O) groups excluding carboxylic acids is 1. The first kappa shape index (κ1) is 20.1. The number of hydrogen-bond donors (Lipinski definition) is 1. The number of benzene rings is 2. The molecule has 0 radical (unpaired) electrons. The molecule has 3 rings (SSSR count). The summed E-state index contributed by atoms with van der Waals surface area (Å²) in [6.07, 6.45) is 0. The van der Waals surface area contributed by atoms with Crippen molar-refractivity contribution in [1.29, 1.82) is 0 Å². The normalized spacial score (nSPS) is 16.6. The van der Waals surface area contributed by atoms with Gasteiger partial charge in [0, 0.05) is 12.1 Å². The summed E-state index contributed by atoms with van der Waals surface area (Å²) in [5, 5.41) is 10.6. The van der Waals surface area contributed by atoms with E-state index in [0.717, 1.165) is 11.1 Å². The highest BCUT2D eigenvalue weighted by molar-refractivity contribution is 7.89. The lowest BCUT2D eigenvalue weighted by Gasteiger charge is -2.25.